The fourth-order valence-electron chi connectivity index (χ4n) is 4.08. The molecule has 0 fully saturated rings. The van der Waals surface area contributed by atoms with Crippen LogP contribution in [0, 0.1) is 0 Å². The normalized spacial score (nSPS) is 12.5. The summed E-state index contributed by atoms with van der Waals surface area (Å²) in [6, 6.07) is 22.7. The van der Waals surface area contributed by atoms with Gasteiger partial charge in [-0.25, -0.2) is 4.98 Å². The molecule has 2 unspecified atom stereocenters. The molecule has 4 aromatic rings. The van der Waals surface area contributed by atoms with Crippen molar-refractivity contribution < 1.29 is 32.3 Å². The molecule has 8 heteroatoms. The third kappa shape index (κ3) is 6.63. The van der Waals surface area contributed by atoms with Crippen LogP contribution in [0.3, 0.4) is 0 Å². The van der Waals surface area contributed by atoms with Gasteiger partial charge in [0.2, 0.25) is 0 Å². The van der Waals surface area contributed by atoms with E-state index in [1.54, 1.807) is 24.1 Å². The van der Waals surface area contributed by atoms with Crippen LogP contribution in [-0.2, 0) is 13.2 Å². The van der Waals surface area contributed by atoms with Crippen LogP contribution >= 0.6 is 0 Å². The summed E-state index contributed by atoms with van der Waals surface area (Å²) in [6.45, 7) is 3.79. The number of fused-ring (bicyclic) bond motifs is 1. The lowest BCUT2D eigenvalue weighted by atomic mass is 10.0. The first-order valence-electron chi connectivity index (χ1n) is 11.9. The number of nitrogens with two attached hydrogens (primary N) is 1. The van der Waals surface area contributed by atoms with Gasteiger partial charge in [0.25, 0.3) is 5.56 Å². The summed E-state index contributed by atoms with van der Waals surface area (Å²) in [5, 5.41) is 13.5. The zero-order valence-electron chi connectivity index (χ0n) is 20.5. The number of nitrogens with zero attached hydrogens (tertiary/aromatic N) is 2. The highest BCUT2D eigenvalue weighted by Gasteiger charge is 2.19. The molecule has 0 saturated heterocycles. The Balaban J connectivity index is 0.00000361. The summed E-state index contributed by atoms with van der Waals surface area (Å²) >= 11 is 0. The largest absolute Gasteiger partial charge is 1.00 e. The molecule has 2 atom stereocenters. The molecule has 1 aromatic heterocycles. The van der Waals surface area contributed by atoms with Gasteiger partial charge < -0.3 is 32.3 Å². The highest BCUT2D eigenvalue weighted by Crippen LogP contribution is 2.22. The molecule has 0 radical (unpaired) electrons. The van der Waals surface area contributed by atoms with E-state index in [-0.39, 0.29) is 24.0 Å². The molecule has 1 heterocycles. The van der Waals surface area contributed by atoms with Gasteiger partial charge in [0, 0.05) is 18.5 Å². The topological polar surface area (TPSA) is 90.2 Å². The number of hydrogen-bond acceptors (Lipinski definition) is 5. The Labute approximate surface area is 217 Å². The van der Waals surface area contributed by atoms with E-state index in [0.717, 1.165) is 35.6 Å². The van der Waals surface area contributed by atoms with Crippen LogP contribution in [0.15, 0.2) is 83.9 Å². The Bertz CT molecular complexity index is 1310. The number of halogens is 1. The molecule has 36 heavy (non-hydrogen) atoms. The van der Waals surface area contributed by atoms with Crippen LogP contribution < -0.4 is 32.8 Å². The summed E-state index contributed by atoms with van der Waals surface area (Å²) in [5.41, 5.74) is 2.52. The summed E-state index contributed by atoms with van der Waals surface area (Å²) in [5.74, 6) is 1.53. The SMILES string of the molecule is COc1ccccc1COc1ccc(C(O)C(C)[NH2+]CCCn2cnc3ccccc3c2=O)cc1.[Cl-]. The zero-order chi connectivity index (χ0) is 24.6. The van der Waals surface area contributed by atoms with Gasteiger partial charge in [0.1, 0.15) is 30.3 Å². The summed E-state index contributed by atoms with van der Waals surface area (Å²) in [7, 11) is 1.65. The fraction of sp³-hybridized carbons (Fsp3) is 0.286. The molecule has 0 aliphatic rings. The minimum Gasteiger partial charge on any atom is -1.00 e. The van der Waals surface area contributed by atoms with Crippen molar-refractivity contribution in [1.82, 2.24) is 9.55 Å². The number of quaternary nitrogens is 1. The van der Waals surface area contributed by atoms with Crippen molar-refractivity contribution in [3.8, 4) is 11.5 Å². The van der Waals surface area contributed by atoms with E-state index < -0.39 is 6.10 Å². The van der Waals surface area contributed by atoms with Crippen molar-refractivity contribution in [1.29, 1.82) is 0 Å². The molecule has 0 aliphatic heterocycles. The molecule has 0 amide bonds. The maximum Gasteiger partial charge on any atom is 0.261 e. The van der Waals surface area contributed by atoms with Crippen LogP contribution in [0.2, 0.25) is 0 Å². The first-order valence-corrected chi connectivity index (χ1v) is 11.9. The Hall–Kier alpha value is -3.39. The average molecular weight is 510 g/mol. The highest BCUT2D eigenvalue weighted by atomic mass is 35.5. The van der Waals surface area contributed by atoms with Gasteiger partial charge in [0.15, 0.2) is 0 Å². The molecule has 3 aromatic carbocycles. The van der Waals surface area contributed by atoms with E-state index in [0.29, 0.717) is 24.1 Å². The number of para-hydroxylation sites is 2. The van der Waals surface area contributed by atoms with Crippen LogP contribution in [0.5, 0.6) is 11.5 Å². The predicted molar refractivity (Wildman–Crippen MR) is 136 cm³/mol. The molecule has 4 rings (SSSR count). The van der Waals surface area contributed by atoms with E-state index in [9.17, 15) is 9.90 Å². The monoisotopic (exact) mass is 509 g/mol. The lowest BCUT2D eigenvalue weighted by Crippen LogP contribution is -3.00. The molecular formula is C28H32ClN3O4. The standard InChI is InChI=1S/C28H31N3O4.ClH/c1-20(29-16-7-17-31-19-30-25-10-5-4-9-24(25)28(31)33)27(32)21-12-14-23(15-13-21)35-18-22-8-3-6-11-26(22)34-2;/h3-6,8-15,19-20,27,29,32H,7,16-18H2,1-2H3;1H. The summed E-state index contributed by atoms with van der Waals surface area (Å²) in [4.78, 5) is 17.0. The van der Waals surface area contributed by atoms with Gasteiger partial charge >= 0.3 is 0 Å². The number of aryl methyl sites for hydroxylation is 1. The minimum absolute atomic E-state index is 0. The third-order valence-corrected chi connectivity index (χ3v) is 6.18. The van der Waals surface area contributed by atoms with Crippen molar-refractivity contribution in [3.63, 3.8) is 0 Å². The van der Waals surface area contributed by atoms with E-state index in [1.165, 1.54) is 0 Å². The predicted octanol–water partition coefficient (Wildman–Crippen LogP) is 0.0637. The third-order valence-electron chi connectivity index (χ3n) is 6.18. The first kappa shape index (κ1) is 27.2. The van der Waals surface area contributed by atoms with Gasteiger partial charge in [-0.05, 0) is 42.8 Å². The number of benzene rings is 3. The van der Waals surface area contributed by atoms with Gasteiger partial charge in [-0.1, -0.05) is 42.5 Å². The molecule has 0 saturated carbocycles. The van der Waals surface area contributed by atoms with Crippen LogP contribution in [-0.4, -0.2) is 34.4 Å². The molecule has 0 aliphatic carbocycles. The Morgan fingerprint density at radius 2 is 1.75 bits per heavy atom. The van der Waals surface area contributed by atoms with Gasteiger partial charge in [0.05, 0.1) is 30.9 Å². The van der Waals surface area contributed by atoms with E-state index in [1.807, 2.05) is 73.7 Å². The number of aliphatic hydroxyl groups excluding tert-OH is 1. The Morgan fingerprint density at radius 1 is 1.03 bits per heavy atom. The van der Waals surface area contributed by atoms with Crippen molar-refractivity contribution in [3.05, 3.63) is 101 Å². The van der Waals surface area contributed by atoms with Crippen molar-refractivity contribution in [2.45, 2.75) is 38.6 Å². The summed E-state index contributed by atoms with van der Waals surface area (Å²) < 4.78 is 12.9. The average Bonchev–Trinajstić information content (AvgIpc) is 2.91. The van der Waals surface area contributed by atoms with E-state index in [4.69, 9.17) is 9.47 Å². The van der Waals surface area contributed by atoms with Crippen LogP contribution in [0.4, 0.5) is 0 Å². The second-order valence-electron chi connectivity index (χ2n) is 8.61. The fourth-order valence-corrected chi connectivity index (χ4v) is 4.08. The number of aliphatic hydroxyl groups is 1. The summed E-state index contributed by atoms with van der Waals surface area (Å²) in [6.07, 6.45) is 1.80. The molecule has 7 nitrogen and oxygen atoms in total. The van der Waals surface area contributed by atoms with Crippen molar-refractivity contribution in [2.24, 2.45) is 0 Å². The van der Waals surface area contributed by atoms with Crippen LogP contribution in [0.1, 0.15) is 30.6 Å². The van der Waals surface area contributed by atoms with Gasteiger partial charge in [-0.2, -0.15) is 0 Å². The lowest BCUT2D eigenvalue weighted by molar-refractivity contribution is -0.694. The number of methoxy groups -OCH3 is 1. The molecule has 3 N–H and O–H groups in total. The number of rotatable bonds is 11. The molecule has 0 bridgehead atoms. The second kappa shape index (κ2) is 13.1. The minimum atomic E-state index is -0.608. The van der Waals surface area contributed by atoms with Gasteiger partial charge in [-0.3, -0.25) is 9.36 Å². The lowest BCUT2D eigenvalue weighted by Gasteiger charge is -2.18. The van der Waals surface area contributed by atoms with E-state index >= 15 is 0 Å². The Morgan fingerprint density at radius 3 is 2.53 bits per heavy atom. The number of ether oxygens (including phenoxy) is 2. The van der Waals surface area contributed by atoms with Crippen LogP contribution in [0.25, 0.3) is 10.9 Å². The quantitative estimate of drug-likeness (QED) is 0.279. The molecule has 190 valence electrons. The highest BCUT2D eigenvalue weighted by molar-refractivity contribution is 5.76. The maximum atomic E-state index is 12.6. The number of hydrogen-bond donors (Lipinski definition) is 2. The first-order chi connectivity index (χ1) is 17.1. The molecule has 0 spiro atoms. The van der Waals surface area contributed by atoms with Crippen molar-refractivity contribution in [2.75, 3.05) is 13.7 Å². The second-order valence-corrected chi connectivity index (χ2v) is 8.61. The number of aromatic nitrogens is 2. The van der Waals surface area contributed by atoms with E-state index in [2.05, 4.69) is 10.3 Å². The van der Waals surface area contributed by atoms with Gasteiger partial charge in [-0.15, -0.1) is 0 Å². The Kier molecular flexibility index (Phi) is 9.87. The zero-order valence-corrected chi connectivity index (χ0v) is 21.3. The van der Waals surface area contributed by atoms with Crippen molar-refractivity contribution >= 4 is 10.9 Å². The molecular weight excluding hydrogens is 478 g/mol. The maximum absolute atomic E-state index is 12.6. The smallest absolute Gasteiger partial charge is 0.261 e.